The van der Waals surface area contributed by atoms with Crippen LogP contribution in [-0.2, 0) is 9.59 Å². The van der Waals surface area contributed by atoms with E-state index in [1.807, 2.05) is 11.9 Å². The molecule has 0 N–H and O–H groups in total. The van der Waals surface area contributed by atoms with Crippen LogP contribution in [0.15, 0.2) is 42.5 Å². The van der Waals surface area contributed by atoms with Crippen molar-refractivity contribution < 1.29 is 22.8 Å². The Morgan fingerprint density at radius 1 is 1.03 bits per heavy atom. The summed E-state index contributed by atoms with van der Waals surface area (Å²) < 4.78 is 42.5. The molecule has 1 amide bonds. The normalized spacial score (nSPS) is 40.4. The second-order valence-corrected chi connectivity index (χ2v) is 11.6. The summed E-state index contributed by atoms with van der Waals surface area (Å²) in [6.45, 7) is 4.34. The number of likely N-dealkylation sites (N-methyl/N-ethyl adjacent to an activating group) is 1. The molecule has 3 nitrogen and oxygen atoms in total. The van der Waals surface area contributed by atoms with Crippen LogP contribution in [0.5, 0.6) is 0 Å². The molecule has 184 valence electrons. The number of amides is 1. The molecule has 3 fully saturated rings. The Labute approximate surface area is 199 Å². The van der Waals surface area contributed by atoms with E-state index in [2.05, 4.69) is 19.9 Å². The van der Waals surface area contributed by atoms with Crippen LogP contribution in [0.2, 0.25) is 0 Å². The molecule has 1 aliphatic heterocycles. The van der Waals surface area contributed by atoms with E-state index in [-0.39, 0.29) is 28.8 Å². The molecule has 0 saturated heterocycles. The predicted octanol–water partition coefficient (Wildman–Crippen LogP) is 6.16. The van der Waals surface area contributed by atoms with E-state index in [0.717, 1.165) is 32.1 Å². The first-order valence-electron chi connectivity index (χ1n) is 12.6. The van der Waals surface area contributed by atoms with Crippen molar-refractivity contribution in [2.75, 3.05) is 7.05 Å². The molecule has 34 heavy (non-hydrogen) atoms. The molecule has 1 aromatic carbocycles. The Bertz CT molecular complexity index is 1000. The molecule has 0 aromatic heterocycles. The molecule has 4 aliphatic rings. The summed E-state index contributed by atoms with van der Waals surface area (Å²) in [5.41, 5.74) is -0.471. The average Bonchev–Trinajstić information content (AvgIpc) is 3.14. The van der Waals surface area contributed by atoms with Crippen LogP contribution in [0.25, 0.3) is 0 Å². The standard InChI is InChI=1S/C28H34F3NO2/c1-26-15-13-20-18(9-12-22-27(20,2)16-14-23(33)32(22)3)19(26)10-11-21(26)25(34)24(28(29,30)31)17-7-5-4-6-8-17/h4-8,14,16,18-22,24H,9-13,15H2,1-3H3/t18-,19-,20-,21+,22+,24?,26-,27+/m0/s1. The second kappa shape index (κ2) is 7.96. The monoisotopic (exact) mass is 473 g/mol. The number of nitrogens with zero attached hydrogens (tertiary/aromatic N) is 1. The lowest BCUT2D eigenvalue weighted by Crippen LogP contribution is -2.59. The lowest BCUT2D eigenvalue weighted by molar-refractivity contribution is -0.170. The minimum absolute atomic E-state index is 0.0483. The van der Waals surface area contributed by atoms with E-state index in [9.17, 15) is 22.8 Å². The summed E-state index contributed by atoms with van der Waals surface area (Å²) in [6, 6.07) is 7.85. The van der Waals surface area contributed by atoms with Crippen LogP contribution in [0.4, 0.5) is 13.2 Å². The van der Waals surface area contributed by atoms with Gasteiger partial charge in [-0.25, -0.2) is 0 Å². The molecule has 5 rings (SSSR count). The van der Waals surface area contributed by atoms with Crippen molar-refractivity contribution in [3.05, 3.63) is 48.0 Å². The van der Waals surface area contributed by atoms with E-state index in [1.54, 1.807) is 24.3 Å². The molecule has 0 bridgehead atoms. The fraction of sp³-hybridized carbons (Fsp3) is 0.643. The van der Waals surface area contributed by atoms with Crippen molar-refractivity contribution in [2.24, 2.45) is 34.5 Å². The van der Waals surface area contributed by atoms with Gasteiger partial charge >= 0.3 is 6.18 Å². The number of carbonyl (C=O) groups is 2. The fourth-order valence-electron chi connectivity index (χ4n) is 8.57. The molecule has 6 heteroatoms. The van der Waals surface area contributed by atoms with Gasteiger partial charge in [0.25, 0.3) is 0 Å². The third-order valence-corrected chi connectivity index (χ3v) is 10.2. The summed E-state index contributed by atoms with van der Waals surface area (Å²) in [4.78, 5) is 27.8. The summed E-state index contributed by atoms with van der Waals surface area (Å²) >= 11 is 0. The van der Waals surface area contributed by atoms with Crippen molar-refractivity contribution in [2.45, 2.75) is 70.5 Å². The molecular formula is C28H34F3NO2. The number of hydrogen-bond donors (Lipinski definition) is 0. The van der Waals surface area contributed by atoms with Crippen molar-refractivity contribution in [3.63, 3.8) is 0 Å². The van der Waals surface area contributed by atoms with Gasteiger partial charge in [-0.3, -0.25) is 9.59 Å². The van der Waals surface area contributed by atoms with Gasteiger partial charge < -0.3 is 4.90 Å². The number of ketones is 1. The van der Waals surface area contributed by atoms with E-state index in [1.165, 1.54) is 12.1 Å². The molecule has 0 radical (unpaired) electrons. The van der Waals surface area contributed by atoms with Gasteiger partial charge in [0.15, 0.2) is 5.78 Å². The predicted molar refractivity (Wildman–Crippen MR) is 124 cm³/mol. The number of hydrogen-bond acceptors (Lipinski definition) is 2. The Morgan fingerprint density at radius 3 is 2.41 bits per heavy atom. The Hall–Kier alpha value is -2.11. The molecule has 1 unspecified atom stereocenters. The third kappa shape index (κ3) is 3.38. The zero-order valence-electron chi connectivity index (χ0n) is 20.1. The topological polar surface area (TPSA) is 37.4 Å². The Kier molecular flexibility index (Phi) is 5.53. The Balaban J connectivity index is 1.44. The molecule has 1 aromatic rings. The maximum absolute atomic E-state index is 14.2. The smallest absolute Gasteiger partial charge is 0.338 e. The lowest BCUT2D eigenvalue weighted by atomic mass is 9.47. The molecule has 8 atom stereocenters. The minimum Gasteiger partial charge on any atom is -0.338 e. The second-order valence-electron chi connectivity index (χ2n) is 11.6. The van der Waals surface area contributed by atoms with Crippen LogP contribution in [0.1, 0.15) is 63.9 Å². The van der Waals surface area contributed by atoms with Crippen LogP contribution in [0.3, 0.4) is 0 Å². The van der Waals surface area contributed by atoms with Gasteiger partial charge in [0, 0.05) is 24.4 Å². The molecule has 1 heterocycles. The number of rotatable bonds is 3. The lowest BCUT2D eigenvalue weighted by Gasteiger charge is -2.60. The van der Waals surface area contributed by atoms with Crippen molar-refractivity contribution in [1.82, 2.24) is 4.90 Å². The highest BCUT2D eigenvalue weighted by atomic mass is 19.4. The summed E-state index contributed by atoms with van der Waals surface area (Å²) in [7, 11) is 1.88. The number of alkyl halides is 3. The number of Topliss-reactive ketones (excluding diaryl/α,β-unsaturated/α-hetero) is 1. The maximum atomic E-state index is 14.2. The SMILES string of the molecule is CN1C(=O)C=C[C@]2(C)[C@H]3CC[C@]4(C)[C@@H](C(=O)C(c5ccccc5)C(F)(F)F)CC[C@H]4[C@@H]3CC[C@@H]12. The zero-order chi connectivity index (χ0) is 24.5. The highest BCUT2D eigenvalue weighted by Gasteiger charge is 2.63. The maximum Gasteiger partial charge on any atom is 0.402 e. The first-order valence-corrected chi connectivity index (χ1v) is 12.6. The third-order valence-electron chi connectivity index (χ3n) is 10.2. The largest absolute Gasteiger partial charge is 0.402 e. The van der Waals surface area contributed by atoms with Gasteiger partial charge in [0.2, 0.25) is 5.91 Å². The molecular weight excluding hydrogens is 439 g/mol. The zero-order valence-corrected chi connectivity index (χ0v) is 20.1. The van der Waals surface area contributed by atoms with Crippen LogP contribution < -0.4 is 0 Å². The fourth-order valence-corrected chi connectivity index (χ4v) is 8.57. The Morgan fingerprint density at radius 2 is 1.74 bits per heavy atom. The van der Waals surface area contributed by atoms with Crippen LogP contribution in [0, 0.1) is 34.5 Å². The van der Waals surface area contributed by atoms with Gasteiger partial charge in [-0.15, -0.1) is 0 Å². The van der Waals surface area contributed by atoms with E-state index in [0.29, 0.717) is 18.3 Å². The minimum atomic E-state index is -4.60. The van der Waals surface area contributed by atoms with E-state index in [4.69, 9.17) is 0 Å². The number of carbonyl (C=O) groups excluding carboxylic acids is 2. The molecule has 0 spiro atoms. The number of fused-ring (bicyclic) bond motifs is 5. The van der Waals surface area contributed by atoms with Crippen molar-refractivity contribution in [3.8, 4) is 0 Å². The average molecular weight is 474 g/mol. The van der Waals surface area contributed by atoms with Crippen LogP contribution in [-0.4, -0.2) is 35.9 Å². The summed E-state index contributed by atoms with van der Waals surface area (Å²) in [6.07, 6.45) is 4.09. The first kappa shape index (κ1) is 23.6. The van der Waals surface area contributed by atoms with E-state index >= 15 is 0 Å². The highest BCUT2D eigenvalue weighted by Crippen LogP contribution is 2.66. The summed E-state index contributed by atoms with van der Waals surface area (Å²) in [5.74, 6) is -2.21. The van der Waals surface area contributed by atoms with Gasteiger partial charge in [0.1, 0.15) is 5.92 Å². The number of halogens is 3. The molecule has 3 saturated carbocycles. The summed E-state index contributed by atoms with van der Waals surface area (Å²) in [5, 5.41) is 0. The first-order chi connectivity index (χ1) is 16.0. The van der Waals surface area contributed by atoms with Crippen molar-refractivity contribution >= 4 is 11.7 Å². The van der Waals surface area contributed by atoms with Gasteiger partial charge in [-0.05, 0) is 73.3 Å². The molecule has 3 aliphatic carbocycles. The van der Waals surface area contributed by atoms with Crippen molar-refractivity contribution in [1.29, 1.82) is 0 Å². The van der Waals surface area contributed by atoms with Gasteiger partial charge in [-0.1, -0.05) is 50.3 Å². The van der Waals surface area contributed by atoms with Gasteiger partial charge in [-0.2, -0.15) is 13.2 Å². The van der Waals surface area contributed by atoms with Crippen LogP contribution >= 0.6 is 0 Å². The van der Waals surface area contributed by atoms with Gasteiger partial charge in [0.05, 0.1) is 0 Å². The quantitative estimate of drug-likeness (QED) is 0.528. The van der Waals surface area contributed by atoms with E-state index < -0.39 is 29.2 Å². The number of benzene rings is 1. The highest BCUT2D eigenvalue weighted by molar-refractivity contribution is 5.90.